The van der Waals surface area contributed by atoms with Gasteiger partial charge in [-0.1, -0.05) is 69.2 Å². The maximum atomic E-state index is 13.7. The minimum Gasteiger partial charge on any atom is -0.497 e. The number of benzene rings is 2. The molecule has 0 bridgehead atoms. The maximum Gasteiger partial charge on any atom is 0.243 e. The number of carbonyl (C=O) groups excluding carboxylic acids is 2. The fourth-order valence-electron chi connectivity index (χ4n) is 4.86. The molecule has 0 aliphatic carbocycles. The van der Waals surface area contributed by atoms with Crippen LogP contribution in [-0.4, -0.2) is 89.4 Å². The Kier molecular flexibility index (Phi) is 18.4. The summed E-state index contributed by atoms with van der Waals surface area (Å²) in [5, 5.41) is 18.9. The quantitative estimate of drug-likeness (QED) is 0.129. The highest BCUT2D eigenvalue weighted by atomic mass is 35.5. The summed E-state index contributed by atoms with van der Waals surface area (Å²) in [6.07, 6.45) is 2.08. The second-order valence-corrected chi connectivity index (χ2v) is 15.3. The highest BCUT2D eigenvalue weighted by Gasteiger charge is 2.34. The molecule has 0 saturated heterocycles. The second kappa shape index (κ2) is 20.5. The standard InChI is InChI=1S/C31H48N4O8S2.ClH/c1-5-11-26(12-6-2)45(41,42)22-28(34-30(37)21-33-44(4,39)40)31(38)35-27(18-23-13-8-7-9-14-23)29(36)20-32-19-24-15-10-16-25(17-24)43-3;/h7-10,13-17,26-29,32-33,36H,5-6,11-12,18-22H2,1-4H3,(H,34,37)(H,35,38);1H/t27-,28-,29+;/m0./s1. The summed E-state index contributed by atoms with van der Waals surface area (Å²) in [7, 11) is -5.98. The smallest absolute Gasteiger partial charge is 0.243 e. The molecule has 0 radical (unpaired) electrons. The number of halogens is 1. The van der Waals surface area contributed by atoms with Crippen molar-refractivity contribution in [3.63, 3.8) is 0 Å². The van der Waals surface area contributed by atoms with Gasteiger partial charge in [0.15, 0.2) is 9.84 Å². The van der Waals surface area contributed by atoms with Crippen LogP contribution in [0.25, 0.3) is 0 Å². The van der Waals surface area contributed by atoms with Gasteiger partial charge >= 0.3 is 0 Å². The molecular weight excluding hydrogens is 656 g/mol. The van der Waals surface area contributed by atoms with Crippen LogP contribution in [-0.2, 0) is 42.4 Å². The van der Waals surface area contributed by atoms with Gasteiger partial charge in [-0.25, -0.2) is 21.6 Å². The lowest BCUT2D eigenvalue weighted by Gasteiger charge is -2.28. The topological polar surface area (TPSA) is 180 Å². The van der Waals surface area contributed by atoms with Crippen molar-refractivity contribution in [2.45, 2.75) is 75.9 Å². The average Bonchev–Trinajstić information content (AvgIpc) is 2.99. The zero-order valence-corrected chi connectivity index (χ0v) is 29.3. The van der Waals surface area contributed by atoms with Crippen LogP contribution in [0, 0.1) is 0 Å². The summed E-state index contributed by atoms with van der Waals surface area (Å²) >= 11 is 0. The second-order valence-electron chi connectivity index (χ2n) is 11.1. The molecule has 5 N–H and O–H groups in total. The maximum absolute atomic E-state index is 13.7. The molecule has 2 aromatic carbocycles. The van der Waals surface area contributed by atoms with Crippen LogP contribution in [0.2, 0.25) is 0 Å². The minimum atomic E-state index is -3.84. The number of methoxy groups -OCH3 is 1. The van der Waals surface area contributed by atoms with Gasteiger partial charge in [-0.2, -0.15) is 0 Å². The molecule has 12 nitrogen and oxygen atoms in total. The normalized spacial score (nSPS) is 13.7. The number of carbonyl (C=O) groups is 2. The van der Waals surface area contributed by atoms with E-state index >= 15 is 0 Å². The van der Waals surface area contributed by atoms with Crippen molar-refractivity contribution in [1.82, 2.24) is 20.7 Å². The Bertz CT molecular complexity index is 1420. The van der Waals surface area contributed by atoms with Crippen LogP contribution < -0.4 is 25.4 Å². The van der Waals surface area contributed by atoms with E-state index in [-0.39, 0.29) is 25.4 Å². The number of hydrogen-bond acceptors (Lipinski definition) is 9. The van der Waals surface area contributed by atoms with E-state index < -0.39 is 67.4 Å². The third-order valence-corrected chi connectivity index (χ3v) is 10.1. The van der Waals surface area contributed by atoms with E-state index in [1.54, 1.807) is 7.11 Å². The molecule has 0 aromatic heterocycles. The van der Waals surface area contributed by atoms with Gasteiger partial charge in [-0.05, 0) is 42.5 Å². The molecule has 0 saturated carbocycles. The van der Waals surface area contributed by atoms with Crippen molar-refractivity contribution in [2.75, 3.05) is 32.2 Å². The Balaban J connectivity index is 0.0000106. The van der Waals surface area contributed by atoms with Crippen molar-refractivity contribution >= 4 is 44.1 Å². The van der Waals surface area contributed by atoms with Crippen LogP contribution in [0.15, 0.2) is 54.6 Å². The molecule has 15 heteroatoms. The summed E-state index contributed by atoms with van der Waals surface area (Å²) in [5.74, 6) is -1.64. The molecule has 0 aliphatic rings. The van der Waals surface area contributed by atoms with E-state index in [4.69, 9.17) is 4.74 Å². The first-order valence-corrected chi connectivity index (χ1v) is 18.7. The highest BCUT2D eigenvalue weighted by molar-refractivity contribution is 7.92. The Morgan fingerprint density at radius 3 is 2.13 bits per heavy atom. The van der Waals surface area contributed by atoms with Crippen LogP contribution in [0.3, 0.4) is 0 Å². The third kappa shape index (κ3) is 15.2. The van der Waals surface area contributed by atoms with Gasteiger partial charge in [0, 0.05) is 13.1 Å². The zero-order chi connectivity index (χ0) is 33.5. The number of aliphatic hydroxyl groups is 1. The summed E-state index contributed by atoms with van der Waals surface area (Å²) < 4.78 is 57.2. The molecule has 3 atom stereocenters. The molecular formula is C31H49ClN4O8S2. The Labute approximate surface area is 279 Å². The van der Waals surface area contributed by atoms with Gasteiger partial charge in [0.1, 0.15) is 11.8 Å². The Morgan fingerprint density at radius 1 is 0.913 bits per heavy atom. The van der Waals surface area contributed by atoms with Crippen LogP contribution in [0.1, 0.15) is 50.7 Å². The largest absolute Gasteiger partial charge is 0.497 e. The van der Waals surface area contributed by atoms with Crippen molar-refractivity contribution in [1.29, 1.82) is 0 Å². The monoisotopic (exact) mass is 704 g/mol. The highest BCUT2D eigenvalue weighted by Crippen LogP contribution is 2.17. The summed E-state index contributed by atoms with van der Waals surface area (Å²) in [6, 6.07) is 14.3. The first-order chi connectivity index (χ1) is 21.3. The number of aliphatic hydroxyl groups excluding tert-OH is 1. The van der Waals surface area contributed by atoms with Crippen LogP contribution in [0.5, 0.6) is 5.75 Å². The molecule has 2 amide bonds. The molecule has 260 valence electrons. The van der Waals surface area contributed by atoms with Gasteiger partial charge in [0.05, 0.1) is 43.1 Å². The van der Waals surface area contributed by atoms with Crippen molar-refractivity contribution < 1.29 is 36.3 Å². The van der Waals surface area contributed by atoms with Gasteiger partial charge in [-0.15, -0.1) is 12.4 Å². The summed E-state index contributed by atoms with van der Waals surface area (Å²) in [6.45, 7) is 3.59. The predicted octanol–water partition coefficient (Wildman–Crippen LogP) is 1.71. The van der Waals surface area contributed by atoms with Gasteiger partial charge in [0.25, 0.3) is 0 Å². The van der Waals surface area contributed by atoms with Gasteiger partial charge in [-0.3, -0.25) is 9.59 Å². The van der Waals surface area contributed by atoms with Crippen LogP contribution >= 0.6 is 12.4 Å². The van der Waals surface area contributed by atoms with E-state index in [1.807, 2.05) is 68.4 Å². The molecule has 0 heterocycles. The first-order valence-electron chi connectivity index (χ1n) is 15.1. The summed E-state index contributed by atoms with van der Waals surface area (Å²) in [5.41, 5.74) is 1.75. The number of ether oxygens (including phenoxy) is 1. The molecule has 46 heavy (non-hydrogen) atoms. The first kappa shape index (κ1) is 41.3. The average molecular weight is 705 g/mol. The van der Waals surface area contributed by atoms with Gasteiger partial charge in [0.2, 0.25) is 21.8 Å². The van der Waals surface area contributed by atoms with Crippen molar-refractivity contribution in [3.05, 3.63) is 65.7 Å². The SMILES string of the molecule is CCCC(CCC)S(=O)(=O)C[C@H](NC(=O)CNS(C)(=O)=O)C(=O)N[C@@H](Cc1ccccc1)[C@H](O)CNCc1cccc(OC)c1.Cl. The number of rotatable bonds is 21. The number of sulfonamides is 1. The van der Waals surface area contributed by atoms with Crippen molar-refractivity contribution in [3.8, 4) is 5.75 Å². The van der Waals surface area contributed by atoms with Gasteiger partial charge < -0.3 is 25.8 Å². The lowest BCUT2D eigenvalue weighted by atomic mass is 10.0. The van der Waals surface area contributed by atoms with Crippen molar-refractivity contribution in [2.24, 2.45) is 0 Å². The fraction of sp³-hybridized carbons (Fsp3) is 0.548. The molecule has 0 aliphatic heterocycles. The summed E-state index contributed by atoms with van der Waals surface area (Å²) in [4.78, 5) is 26.4. The lowest BCUT2D eigenvalue weighted by molar-refractivity contribution is -0.128. The number of sulfone groups is 1. The fourth-order valence-corrected chi connectivity index (χ4v) is 7.42. The van der Waals surface area contributed by atoms with E-state index in [0.717, 1.165) is 17.4 Å². The molecule has 0 fully saturated rings. The molecule has 2 rings (SSSR count). The van der Waals surface area contributed by atoms with E-state index in [1.165, 1.54) is 0 Å². The zero-order valence-electron chi connectivity index (χ0n) is 26.9. The third-order valence-electron chi connectivity index (χ3n) is 7.18. The predicted molar refractivity (Wildman–Crippen MR) is 182 cm³/mol. The van der Waals surface area contributed by atoms with E-state index in [9.17, 15) is 31.5 Å². The minimum absolute atomic E-state index is 0. The van der Waals surface area contributed by atoms with Crippen LogP contribution in [0.4, 0.5) is 0 Å². The van der Waals surface area contributed by atoms with E-state index in [2.05, 4.69) is 20.7 Å². The molecule has 0 unspecified atom stereocenters. The molecule has 2 aromatic rings. The number of amides is 2. The number of hydrogen-bond donors (Lipinski definition) is 5. The Hall–Kier alpha value is -2.75. The van der Waals surface area contributed by atoms with E-state index in [0.29, 0.717) is 38.0 Å². The Morgan fingerprint density at radius 2 is 1.54 bits per heavy atom. The molecule has 0 spiro atoms. The number of nitrogens with one attached hydrogen (secondary N) is 4. The lowest BCUT2D eigenvalue weighted by Crippen LogP contribution is -2.57.